The first-order valence-corrected chi connectivity index (χ1v) is 9.96. The van der Waals surface area contributed by atoms with Crippen LogP contribution in [-0.2, 0) is 6.42 Å². The number of nitrogens with two attached hydrogens (primary N) is 1. The van der Waals surface area contributed by atoms with Crippen LogP contribution in [0.1, 0.15) is 15.5 Å². The fourth-order valence-corrected chi connectivity index (χ4v) is 3.81. The number of carbonyl (C=O) groups excluding carboxylic acids is 1. The van der Waals surface area contributed by atoms with Gasteiger partial charge in [-0.2, -0.15) is 0 Å². The van der Waals surface area contributed by atoms with E-state index in [1.807, 2.05) is 34.5 Å². The standard InChI is InChI=1S/C18H23ClN4O2S.2ClH/c19-14-3-1-2-4-16(14)25-12-11-22-7-9-23(10-8-22)18(24)15-13-26-17(21-15)5-6-20;;/h1-4,13H,5-12,20H2;2*1H. The predicted molar refractivity (Wildman–Crippen MR) is 119 cm³/mol. The fourth-order valence-electron chi connectivity index (χ4n) is 2.83. The number of hydrogen-bond acceptors (Lipinski definition) is 6. The van der Waals surface area contributed by atoms with Crippen LogP contribution in [0.2, 0.25) is 5.02 Å². The minimum absolute atomic E-state index is 0. The van der Waals surface area contributed by atoms with Crippen LogP contribution >= 0.6 is 47.8 Å². The number of piperazine rings is 1. The Morgan fingerprint density at radius 1 is 1.21 bits per heavy atom. The van der Waals surface area contributed by atoms with Gasteiger partial charge in [-0.3, -0.25) is 9.69 Å². The Balaban J connectivity index is 0.00000196. The summed E-state index contributed by atoms with van der Waals surface area (Å²) in [5.74, 6) is 0.719. The van der Waals surface area contributed by atoms with Gasteiger partial charge in [-0.15, -0.1) is 36.2 Å². The second kappa shape index (κ2) is 12.5. The number of para-hydroxylation sites is 1. The molecule has 2 heterocycles. The van der Waals surface area contributed by atoms with Crippen molar-refractivity contribution >= 4 is 53.7 Å². The molecule has 0 aliphatic carbocycles. The molecule has 2 N–H and O–H groups in total. The predicted octanol–water partition coefficient (Wildman–Crippen LogP) is 2.98. The molecule has 0 saturated carbocycles. The van der Waals surface area contributed by atoms with Gasteiger partial charge < -0.3 is 15.4 Å². The molecule has 1 amide bonds. The number of ether oxygens (including phenoxy) is 1. The van der Waals surface area contributed by atoms with Crippen LogP contribution in [0.3, 0.4) is 0 Å². The van der Waals surface area contributed by atoms with Gasteiger partial charge in [-0.05, 0) is 18.7 Å². The number of carbonyl (C=O) groups is 1. The number of thiazole rings is 1. The Bertz CT molecular complexity index is 739. The van der Waals surface area contributed by atoms with Crippen molar-refractivity contribution in [3.05, 3.63) is 45.4 Å². The van der Waals surface area contributed by atoms with Gasteiger partial charge in [0.1, 0.15) is 18.1 Å². The summed E-state index contributed by atoms with van der Waals surface area (Å²) in [6.45, 7) is 5.01. The SMILES string of the molecule is Cl.Cl.NCCc1nc(C(=O)N2CCN(CCOc3ccccc3Cl)CC2)cs1. The normalized spacial score (nSPS) is 14.1. The van der Waals surface area contributed by atoms with E-state index < -0.39 is 0 Å². The summed E-state index contributed by atoms with van der Waals surface area (Å²) in [5.41, 5.74) is 6.07. The number of amides is 1. The molecule has 1 saturated heterocycles. The lowest BCUT2D eigenvalue weighted by Gasteiger charge is -2.34. The highest BCUT2D eigenvalue weighted by Crippen LogP contribution is 2.23. The second-order valence-corrected chi connectivity index (χ2v) is 7.43. The Labute approximate surface area is 186 Å². The van der Waals surface area contributed by atoms with Crippen molar-refractivity contribution in [1.29, 1.82) is 0 Å². The zero-order valence-electron chi connectivity index (χ0n) is 15.4. The van der Waals surface area contributed by atoms with Crippen molar-refractivity contribution in [1.82, 2.24) is 14.8 Å². The van der Waals surface area contributed by atoms with Gasteiger partial charge in [0.2, 0.25) is 0 Å². The molecule has 0 bridgehead atoms. The number of benzene rings is 1. The maximum absolute atomic E-state index is 12.5. The highest BCUT2D eigenvalue weighted by atomic mass is 35.5. The van der Waals surface area contributed by atoms with Crippen LogP contribution < -0.4 is 10.5 Å². The van der Waals surface area contributed by atoms with Crippen LogP contribution in [0.5, 0.6) is 5.75 Å². The van der Waals surface area contributed by atoms with E-state index in [0.29, 0.717) is 42.7 Å². The molecule has 3 rings (SSSR count). The van der Waals surface area contributed by atoms with E-state index in [2.05, 4.69) is 9.88 Å². The first kappa shape index (κ1) is 24.9. The Morgan fingerprint density at radius 2 is 1.93 bits per heavy atom. The van der Waals surface area contributed by atoms with E-state index in [4.69, 9.17) is 22.1 Å². The molecule has 0 unspecified atom stereocenters. The summed E-state index contributed by atoms with van der Waals surface area (Å²) in [7, 11) is 0. The lowest BCUT2D eigenvalue weighted by Crippen LogP contribution is -2.49. The van der Waals surface area contributed by atoms with Crippen molar-refractivity contribution in [2.45, 2.75) is 6.42 Å². The lowest BCUT2D eigenvalue weighted by atomic mass is 10.3. The van der Waals surface area contributed by atoms with E-state index in [1.165, 1.54) is 11.3 Å². The van der Waals surface area contributed by atoms with Gasteiger partial charge in [-0.1, -0.05) is 23.7 Å². The lowest BCUT2D eigenvalue weighted by molar-refractivity contribution is 0.0615. The third kappa shape index (κ3) is 6.76. The average molecular weight is 468 g/mol. The molecule has 10 heteroatoms. The summed E-state index contributed by atoms with van der Waals surface area (Å²) in [6, 6.07) is 7.47. The Kier molecular flexibility index (Phi) is 11.1. The van der Waals surface area contributed by atoms with Crippen LogP contribution in [0.25, 0.3) is 0 Å². The van der Waals surface area contributed by atoms with Crippen molar-refractivity contribution in [3.8, 4) is 5.75 Å². The molecule has 1 aromatic carbocycles. The molecule has 156 valence electrons. The van der Waals surface area contributed by atoms with E-state index in [0.717, 1.165) is 31.1 Å². The first-order chi connectivity index (χ1) is 12.7. The van der Waals surface area contributed by atoms with Crippen molar-refractivity contribution in [2.75, 3.05) is 45.9 Å². The molecule has 1 aliphatic rings. The number of aromatic nitrogens is 1. The molecular weight excluding hydrogens is 443 g/mol. The van der Waals surface area contributed by atoms with Gasteiger partial charge in [-0.25, -0.2) is 4.98 Å². The van der Waals surface area contributed by atoms with Gasteiger partial charge in [0.05, 0.1) is 10.0 Å². The third-order valence-electron chi connectivity index (χ3n) is 4.29. The van der Waals surface area contributed by atoms with Gasteiger partial charge in [0.25, 0.3) is 5.91 Å². The van der Waals surface area contributed by atoms with Gasteiger partial charge in [0, 0.05) is 44.5 Å². The topological polar surface area (TPSA) is 71.7 Å². The summed E-state index contributed by atoms with van der Waals surface area (Å²) in [5, 5.41) is 3.38. The smallest absolute Gasteiger partial charge is 0.273 e. The molecule has 1 fully saturated rings. The number of nitrogens with zero attached hydrogens (tertiary/aromatic N) is 3. The molecular formula is C18H25Cl3N4O2S. The van der Waals surface area contributed by atoms with Crippen LogP contribution in [0.15, 0.2) is 29.6 Å². The average Bonchev–Trinajstić information content (AvgIpc) is 3.12. The summed E-state index contributed by atoms with van der Waals surface area (Å²) < 4.78 is 5.74. The van der Waals surface area contributed by atoms with Gasteiger partial charge in [0.15, 0.2) is 0 Å². The molecule has 1 aliphatic heterocycles. The fraction of sp³-hybridized carbons (Fsp3) is 0.444. The second-order valence-electron chi connectivity index (χ2n) is 6.08. The monoisotopic (exact) mass is 466 g/mol. The van der Waals surface area contributed by atoms with Crippen molar-refractivity contribution in [2.24, 2.45) is 5.73 Å². The molecule has 1 aromatic heterocycles. The van der Waals surface area contributed by atoms with Crippen LogP contribution in [0, 0.1) is 0 Å². The summed E-state index contributed by atoms with van der Waals surface area (Å²) in [6.07, 6.45) is 0.719. The van der Waals surface area contributed by atoms with Crippen LogP contribution in [-0.4, -0.2) is 66.6 Å². The molecule has 0 atom stereocenters. The van der Waals surface area contributed by atoms with E-state index in [9.17, 15) is 4.79 Å². The molecule has 28 heavy (non-hydrogen) atoms. The van der Waals surface area contributed by atoms with E-state index in [1.54, 1.807) is 0 Å². The first-order valence-electron chi connectivity index (χ1n) is 8.71. The van der Waals surface area contributed by atoms with Crippen molar-refractivity contribution < 1.29 is 9.53 Å². The van der Waals surface area contributed by atoms with Gasteiger partial charge >= 0.3 is 0 Å². The zero-order valence-corrected chi connectivity index (χ0v) is 18.6. The third-order valence-corrected chi connectivity index (χ3v) is 5.51. The largest absolute Gasteiger partial charge is 0.491 e. The zero-order chi connectivity index (χ0) is 18.4. The molecule has 0 radical (unpaired) electrons. The van der Waals surface area contributed by atoms with E-state index >= 15 is 0 Å². The quantitative estimate of drug-likeness (QED) is 0.678. The molecule has 6 nitrogen and oxygen atoms in total. The maximum Gasteiger partial charge on any atom is 0.273 e. The highest BCUT2D eigenvalue weighted by molar-refractivity contribution is 7.09. The van der Waals surface area contributed by atoms with Crippen molar-refractivity contribution in [3.63, 3.8) is 0 Å². The maximum atomic E-state index is 12.5. The molecule has 0 spiro atoms. The highest BCUT2D eigenvalue weighted by Gasteiger charge is 2.23. The summed E-state index contributed by atoms with van der Waals surface area (Å²) >= 11 is 7.59. The Hall–Kier alpha value is -1.09. The number of hydrogen-bond donors (Lipinski definition) is 1. The Morgan fingerprint density at radius 3 is 2.61 bits per heavy atom. The summed E-state index contributed by atoms with van der Waals surface area (Å²) in [4.78, 5) is 21.1. The molecule has 2 aromatic rings. The van der Waals surface area contributed by atoms with E-state index in [-0.39, 0.29) is 30.7 Å². The van der Waals surface area contributed by atoms with Crippen LogP contribution in [0.4, 0.5) is 0 Å². The minimum Gasteiger partial charge on any atom is -0.491 e. The number of rotatable bonds is 7. The number of halogens is 3. The minimum atomic E-state index is 0.